The summed E-state index contributed by atoms with van der Waals surface area (Å²) in [4.78, 5) is 14.4. The molecular weight excluding hydrogens is 278 g/mol. The molecule has 1 aliphatic heterocycles. The number of rotatable bonds is 7. The minimum atomic E-state index is -0.432. The van der Waals surface area contributed by atoms with Gasteiger partial charge < -0.3 is 20.6 Å². The molecule has 1 fully saturated rings. The highest BCUT2D eigenvalue weighted by Crippen LogP contribution is 2.24. The van der Waals surface area contributed by atoms with Crippen LogP contribution in [0, 0.1) is 11.3 Å². The molecule has 22 heavy (non-hydrogen) atoms. The molecule has 0 spiro atoms. The van der Waals surface area contributed by atoms with E-state index in [-0.39, 0.29) is 23.4 Å². The number of aliphatic hydroxyl groups is 1. The molecule has 0 aromatic carbocycles. The van der Waals surface area contributed by atoms with E-state index in [9.17, 15) is 9.90 Å². The zero-order valence-electron chi connectivity index (χ0n) is 15.0. The first-order valence-electron chi connectivity index (χ1n) is 8.67. The van der Waals surface area contributed by atoms with Crippen molar-refractivity contribution in [1.29, 1.82) is 0 Å². The Morgan fingerprint density at radius 2 is 1.77 bits per heavy atom. The number of nitrogens with one attached hydrogen (secondary N) is 2. The van der Waals surface area contributed by atoms with E-state index in [2.05, 4.69) is 15.5 Å². The van der Waals surface area contributed by atoms with Crippen molar-refractivity contribution >= 4 is 6.03 Å². The smallest absolute Gasteiger partial charge is 0.315 e. The third-order valence-electron chi connectivity index (χ3n) is 4.49. The summed E-state index contributed by atoms with van der Waals surface area (Å²) in [5, 5.41) is 16.1. The van der Waals surface area contributed by atoms with Gasteiger partial charge in [-0.1, -0.05) is 34.1 Å². The SMILES string of the molecule is CC(CN1CCCCC1)NC(=O)NCC(C)(C)C(O)C(C)C. The summed E-state index contributed by atoms with van der Waals surface area (Å²) in [6, 6.07) is -0.00947. The Hall–Kier alpha value is -0.810. The summed E-state index contributed by atoms with van der Waals surface area (Å²) in [5.41, 5.74) is -0.332. The lowest BCUT2D eigenvalue weighted by molar-refractivity contribution is 0.0151. The Morgan fingerprint density at radius 1 is 1.18 bits per heavy atom. The van der Waals surface area contributed by atoms with Crippen molar-refractivity contribution in [2.75, 3.05) is 26.2 Å². The Morgan fingerprint density at radius 3 is 2.32 bits per heavy atom. The number of urea groups is 1. The van der Waals surface area contributed by atoms with Crippen LogP contribution in [0.2, 0.25) is 0 Å². The molecule has 0 bridgehead atoms. The summed E-state index contributed by atoms with van der Waals surface area (Å²) >= 11 is 0. The lowest BCUT2D eigenvalue weighted by Gasteiger charge is -2.33. The predicted molar refractivity (Wildman–Crippen MR) is 90.9 cm³/mol. The lowest BCUT2D eigenvalue weighted by atomic mass is 9.81. The first-order chi connectivity index (χ1) is 10.2. The lowest BCUT2D eigenvalue weighted by Crippen LogP contribution is -2.50. The van der Waals surface area contributed by atoms with Crippen LogP contribution in [-0.2, 0) is 0 Å². The second-order valence-electron chi connectivity index (χ2n) is 7.77. The molecular formula is C17H35N3O2. The first kappa shape index (κ1) is 19.2. The van der Waals surface area contributed by atoms with E-state index >= 15 is 0 Å². The summed E-state index contributed by atoms with van der Waals surface area (Å²) in [7, 11) is 0. The molecule has 2 unspecified atom stereocenters. The van der Waals surface area contributed by atoms with E-state index in [1.807, 2.05) is 34.6 Å². The maximum atomic E-state index is 12.0. The van der Waals surface area contributed by atoms with Gasteiger partial charge in [-0.25, -0.2) is 4.79 Å². The van der Waals surface area contributed by atoms with Crippen LogP contribution in [0.4, 0.5) is 4.79 Å². The summed E-state index contributed by atoms with van der Waals surface area (Å²) < 4.78 is 0. The number of amides is 2. The van der Waals surface area contributed by atoms with Gasteiger partial charge in [0.05, 0.1) is 6.10 Å². The molecule has 5 nitrogen and oxygen atoms in total. The van der Waals surface area contributed by atoms with Crippen LogP contribution in [0.1, 0.15) is 53.9 Å². The van der Waals surface area contributed by atoms with Crippen LogP contribution in [-0.4, -0.2) is 54.4 Å². The fourth-order valence-electron chi connectivity index (χ4n) is 3.16. The second kappa shape index (κ2) is 8.73. The van der Waals surface area contributed by atoms with Gasteiger partial charge in [-0.15, -0.1) is 0 Å². The van der Waals surface area contributed by atoms with Crippen LogP contribution in [0.5, 0.6) is 0 Å². The zero-order chi connectivity index (χ0) is 16.8. The van der Waals surface area contributed by atoms with E-state index in [0.717, 1.165) is 19.6 Å². The molecule has 1 heterocycles. The van der Waals surface area contributed by atoms with Gasteiger partial charge in [0.1, 0.15) is 0 Å². The number of hydrogen-bond acceptors (Lipinski definition) is 3. The van der Waals surface area contributed by atoms with Gasteiger partial charge in [-0.2, -0.15) is 0 Å². The number of nitrogens with zero attached hydrogens (tertiary/aromatic N) is 1. The Labute approximate surface area is 135 Å². The minimum absolute atomic E-state index is 0.135. The highest BCUT2D eigenvalue weighted by Gasteiger charge is 2.30. The molecule has 1 rings (SSSR count). The molecule has 0 aromatic rings. The number of likely N-dealkylation sites (tertiary alicyclic amines) is 1. The van der Waals surface area contributed by atoms with Crippen molar-refractivity contribution in [2.45, 2.75) is 66.0 Å². The fraction of sp³-hybridized carbons (Fsp3) is 0.941. The maximum Gasteiger partial charge on any atom is 0.315 e. The third kappa shape index (κ3) is 6.53. The molecule has 3 N–H and O–H groups in total. The van der Waals surface area contributed by atoms with E-state index in [0.29, 0.717) is 6.54 Å². The topological polar surface area (TPSA) is 64.6 Å². The highest BCUT2D eigenvalue weighted by molar-refractivity contribution is 5.74. The number of carbonyl (C=O) groups is 1. The standard InChI is InChI=1S/C17H35N3O2/c1-13(2)15(21)17(4,5)12-18-16(22)19-14(3)11-20-9-7-6-8-10-20/h13-15,21H,6-12H2,1-5H3,(H2,18,19,22). The van der Waals surface area contributed by atoms with E-state index in [1.165, 1.54) is 19.3 Å². The van der Waals surface area contributed by atoms with Crippen LogP contribution in [0.25, 0.3) is 0 Å². The van der Waals surface area contributed by atoms with Crippen molar-refractivity contribution < 1.29 is 9.90 Å². The van der Waals surface area contributed by atoms with Gasteiger partial charge in [0.2, 0.25) is 0 Å². The molecule has 1 saturated heterocycles. The Kier molecular flexibility index (Phi) is 7.63. The van der Waals surface area contributed by atoms with Crippen LogP contribution in [0.15, 0.2) is 0 Å². The number of carbonyl (C=O) groups excluding carboxylic acids is 1. The molecule has 0 saturated carbocycles. The molecule has 2 amide bonds. The normalized spacial score (nSPS) is 19.8. The number of hydrogen-bond donors (Lipinski definition) is 3. The van der Waals surface area contributed by atoms with E-state index < -0.39 is 6.10 Å². The summed E-state index contributed by atoms with van der Waals surface area (Å²) in [5.74, 6) is 0.179. The average molecular weight is 313 g/mol. The molecule has 0 radical (unpaired) electrons. The monoisotopic (exact) mass is 313 g/mol. The number of piperidine rings is 1. The fourth-order valence-corrected chi connectivity index (χ4v) is 3.16. The highest BCUT2D eigenvalue weighted by atomic mass is 16.3. The van der Waals surface area contributed by atoms with Crippen molar-refractivity contribution in [3.05, 3.63) is 0 Å². The predicted octanol–water partition coefficient (Wildman–Crippen LogP) is 2.20. The van der Waals surface area contributed by atoms with Gasteiger partial charge >= 0.3 is 6.03 Å². The summed E-state index contributed by atoms with van der Waals surface area (Å²) in [6.07, 6.45) is 3.42. The van der Waals surface area contributed by atoms with E-state index in [4.69, 9.17) is 0 Å². The molecule has 2 atom stereocenters. The minimum Gasteiger partial charge on any atom is -0.392 e. The van der Waals surface area contributed by atoms with Crippen LogP contribution < -0.4 is 10.6 Å². The van der Waals surface area contributed by atoms with Crippen molar-refractivity contribution in [2.24, 2.45) is 11.3 Å². The molecule has 0 aliphatic carbocycles. The molecule has 5 heteroatoms. The van der Waals surface area contributed by atoms with Crippen molar-refractivity contribution in [3.63, 3.8) is 0 Å². The Balaban J connectivity index is 2.29. The van der Waals surface area contributed by atoms with Crippen LogP contribution in [0.3, 0.4) is 0 Å². The maximum absolute atomic E-state index is 12.0. The van der Waals surface area contributed by atoms with Gasteiger partial charge in [-0.05, 0) is 38.8 Å². The van der Waals surface area contributed by atoms with Crippen molar-refractivity contribution in [3.8, 4) is 0 Å². The molecule has 1 aliphatic rings. The largest absolute Gasteiger partial charge is 0.392 e. The molecule has 0 aromatic heterocycles. The zero-order valence-corrected chi connectivity index (χ0v) is 15.0. The van der Waals surface area contributed by atoms with Crippen molar-refractivity contribution in [1.82, 2.24) is 15.5 Å². The van der Waals surface area contributed by atoms with Crippen LogP contribution >= 0.6 is 0 Å². The third-order valence-corrected chi connectivity index (χ3v) is 4.49. The molecule has 130 valence electrons. The first-order valence-corrected chi connectivity index (χ1v) is 8.67. The Bertz CT molecular complexity index is 339. The average Bonchev–Trinajstić information content (AvgIpc) is 2.45. The van der Waals surface area contributed by atoms with Gasteiger partial charge in [0.25, 0.3) is 0 Å². The number of aliphatic hydroxyl groups excluding tert-OH is 1. The second-order valence-corrected chi connectivity index (χ2v) is 7.77. The summed E-state index contributed by atoms with van der Waals surface area (Å²) in [6.45, 7) is 13.6. The van der Waals surface area contributed by atoms with Gasteiger partial charge in [-0.3, -0.25) is 0 Å². The quantitative estimate of drug-likeness (QED) is 0.675. The van der Waals surface area contributed by atoms with E-state index in [1.54, 1.807) is 0 Å². The van der Waals surface area contributed by atoms with Gasteiger partial charge in [0.15, 0.2) is 0 Å². The van der Waals surface area contributed by atoms with Gasteiger partial charge in [0, 0.05) is 24.5 Å².